The molecule has 0 aliphatic rings. The highest BCUT2D eigenvalue weighted by atomic mass is 32.2. The molecule has 0 aliphatic heterocycles. The molecule has 0 bridgehead atoms. The van der Waals surface area contributed by atoms with Gasteiger partial charge >= 0.3 is 0 Å². The molecule has 0 unspecified atom stereocenters. The fraction of sp³-hybridized carbons (Fsp3) is 0.133. The van der Waals surface area contributed by atoms with E-state index in [9.17, 15) is 0 Å². The van der Waals surface area contributed by atoms with Crippen molar-refractivity contribution in [2.45, 2.75) is 4.90 Å². The summed E-state index contributed by atoms with van der Waals surface area (Å²) in [5.41, 5.74) is 7.20. The number of rotatable bonds is 1. The van der Waals surface area contributed by atoms with Gasteiger partial charge in [0.2, 0.25) is 0 Å². The van der Waals surface area contributed by atoms with Gasteiger partial charge in [0.25, 0.3) is 0 Å². The number of hydrogen-bond acceptors (Lipinski definition) is 5. The number of anilines is 1. The molecule has 1 aromatic carbocycles. The minimum absolute atomic E-state index is 0.538. The first-order chi connectivity index (χ1) is 10.2. The van der Waals surface area contributed by atoms with Crippen LogP contribution in [-0.4, -0.2) is 20.8 Å². The van der Waals surface area contributed by atoms with Crippen LogP contribution in [0.5, 0.6) is 0 Å². The third kappa shape index (κ3) is 3.52. The molecule has 0 atom stereocenters. The van der Waals surface area contributed by atoms with Crippen LogP contribution in [0.3, 0.4) is 0 Å². The summed E-state index contributed by atoms with van der Waals surface area (Å²) in [6, 6.07) is 11.5. The molecule has 0 aliphatic carbocycles. The van der Waals surface area contributed by atoms with Gasteiger partial charge in [0.1, 0.15) is 17.8 Å². The molecule has 21 heavy (non-hydrogen) atoms. The van der Waals surface area contributed by atoms with Crippen LogP contribution in [-0.2, 0) is 7.05 Å². The maximum absolute atomic E-state index is 8.44. The van der Waals surface area contributed by atoms with Gasteiger partial charge < -0.3 is 10.3 Å². The molecule has 3 rings (SSSR count). The fourth-order valence-corrected chi connectivity index (χ4v) is 2.17. The van der Waals surface area contributed by atoms with Crippen LogP contribution in [0.2, 0.25) is 0 Å². The quantitative estimate of drug-likeness (QED) is 0.699. The van der Waals surface area contributed by atoms with Crippen LogP contribution in [0.1, 0.15) is 5.56 Å². The minimum Gasteiger partial charge on any atom is -0.383 e. The molecule has 3 aromatic rings. The SMILES string of the molecule is CSc1ccc(C#N)cc1.Cn1ccc2c(N)ncnc21. The van der Waals surface area contributed by atoms with E-state index in [-0.39, 0.29) is 0 Å². The number of thioether (sulfide) groups is 1. The van der Waals surface area contributed by atoms with E-state index in [2.05, 4.69) is 16.0 Å². The van der Waals surface area contributed by atoms with Crippen LogP contribution in [0.15, 0.2) is 47.8 Å². The van der Waals surface area contributed by atoms with Crippen molar-refractivity contribution >= 4 is 28.6 Å². The van der Waals surface area contributed by atoms with Gasteiger partial charge in [-0.15, -0.1) is 11.8 Å². The predicted octanol–water partition coefficient (Wildman–Crippen LogP) is 2.83. The Morgan fingerprint density at radius 3 is 2.48 bits per heavy atom. The topological polar surface area (TPSA) is 80.5 Å². The van der Waals surface area contributed by atoms with Crippen LogP contribution in [0.25, 0.3) is 11.0 Å². The first-order valence-corrected chi connectivity index (χ1v) is 7.44. The Labute approximate surface area is 127 Å². The summed E-state index contributed by atoms with van der Waals surface area (Å²) in [6.07, 6.45) is 5.40. The molecule has 0 spiro atoms. The first-order valence-electron chi connectivity index (χ1n) is 6.21. The van der Waals surface area contributed by atoms with Gasteiger partial charge in [0, 0.05) is 18.1 Å². The maximum atomic E-state index is 8.44. The Hall–Kier alpha value is -2.52. The predicted molar refractivity (Wildman–Crippen MR) is 85.9 cm³/mol. The third-order valence-electron chi connectivity index (χ3n) is 2.91. The lowest BCUT2D eigenvalue weighted by molar-refractivity contribution is 0.944. The maximum Gasteiger partial charge on any atom is 0.145 e. The molecule has 0 fully saturated rings. The van der Waals surface area contributed by atoms with E-state index in [1.807, 2.05) is 54.4 Å². The monoisotopic (exact) mass is 297 g/mol. The van der Waals surface area contributed by atoms with E-state index in [0.717, 1.165) is 16.6 Å². The van der Waals surface area contributed by atoms with Crippen molar-refractivity contribution in [2.24, 2.45) is 7.05 Å². The molecule has 6 heteroatoms. The molecule has 0 radical (unpaired) electrons. The average Bonchev–Trinajstić information content (AvgIpc) is 2.91. The lowest BCUT2D eigenvalue weighted by Gasteiger charge is -1.94. The normalized spacial score (nSPS) is 9.76. The van der Waals surface area contributed by atoms with Crippen molar-refractivity contribution in [1.29, 1.82) is 5.26 Å². The molecular weight excluding hydrogens is 282 g/mol. The molecule has 2 heterocycles. The number of fused-ring (bicyclic) bond motifs is 1. The van der Waals surface area contributed by atoms with E-state index >= 15 is 0 Å². The van der Waals surface area contributed by atoms with Gasteiger partial charge in [-0.05, 0) is 36.6 Å². The summed E-state index contributed by atoms with van der Waals surface area (Å²) in [6.45, 7) is 0. The number of nitrogens with two attached hydrogens (primary N) is 1. The zero-order valence-corrected chi connectivity index (χ0v) is 12.6. The summed E-state index contributed by atoms with van der Waals surface area (Å²) in [4.78, 5) is 9.14. The lowest BCUT2D eigenvalue weighted by Crippen LogP contribution is -1.93. The molecular formula is C15H15N5S. The number of nitrogens with zero attached hydrogens (tertiary/aromatic N) is 4. The summed E-state index contributed by atoms with van der Waals surface area (Å²) >= 11 is 1.68. The summed E-state index contributed by atoms with van der Waals surface area (Å²) in [7, 11) is 1.93. The second kappa shape index (κ2) is 6.77. The Kier molecular flexibility index (Phi) is 4.80. The largest absolute Gasteiger partial charge is 0.383 e. The number of nitriles is 1. The van der Waals surface area contributed by atoms with Crippen molar-refractivity contribution in [1.82, 2.24) is 14.5 Å². The minimum atomic E-state index is 0.538. The van der Waals surface area contributed by atoms with Crippen molar-refractivity contribution in [3.05, 3.63) is 48.4 Å². The van der Waals surface area contributed by atoms with E-state index in [1.165, 1.54) is 11.2 Å². The number of nitrogen functional groups attached to an aromatic ring is 1. The van der Waals surface area contributed by atoms with Gasteiger partial charge in [0.05, 0.1) is 17.0 Å². The van der Waals surface area contributed by atoms with Crippen LogP contribution >= 0.6 is 11.8 Å². The Bertz CT molecular complexity index is 771. The lowest BCUT2D eigenvalue weighted by atomic mass is 10.2. The molecule has 0 saturated carbocycles. The first kappa shape index (κ1) is 14.9. The Morgan fingerprint density at radius 1 is 1.19 bits per heavy atom. The standard InChI is InChI=1S/C8H7NS.C7H8N4/c1-10-8-4-2-7(6-9)3-5-8;1-11-3-2-5-6(8)9-4-10-7(5)11/h2-5H,1H3;2-4H,1H3,(H2,8,9,10). The molecule has 0 amide bonds. The van der Waals surface area contributed by atoms with E-state index in [0.29, 0.717) is 5.82 Å². The molecule has 106 valence electrons. The third-order valence-corrected chi connectivity index (χ3v) is 3.66. The molecule has 2 aromatic heterocycles. The van der Waals surface area contributed by atoms with E-state index in [1.54, 1.807) is 11.8 Å². The fourth-order valence-electron chi connectivity index (χ4n) is 1.76. The van der Waals surface area contributed by atoms with Gasteiger partial charge in [0.15, 0.2) is 0 Å². The number of aryl methyl sites for hydroxylation is 1. The van der Waals surface area contributed by atoms with Crippen molar-refractivity contribution < 1.29 is 0 Å². The highest BCUT2D eigenvalue weighted by Gasteiger charge is 2.01. The van der Waals surface area contributed by atoms with Gasteiger partial charge in [-0.2, -0.15) is 5.26 Å². The molecule has 5 nitrogen and oxygen atoms in total. The zero-order chi connectivity index (χ0) is 15.2. The highest BCUT2D eigenvalue weighted by Crippen LogP contribution is 2.15. The number of hydrogen-bond donors (Lipinski definition) is 1. The Morgan fingerprint density at radius 2 is 1.90 bits per heavy atom. The Balaban J connectivity index is 0.000000155. The number of aromatic nitrogens is 3. The van der Waals surface area contributed by atoms with Crippen LogP contribution < -0.4 is 5.73 Å². The highest BCUT2D eigenvalue weighted by molar-refractivity contribution is 7.98. The van der Waals surface area contributed by atoms with E-state index < -0.39 is 0 Å². The van der Waals surface area contributed by atoms with Crippen LogP contribution in [0.4, 0.5) is 5.82 Å². The summed E-state index contributed by atoms with van der Waals surface area (Å²) in [5, 5.41) is 9.36. The summed E-state index contributed by atoms with van der Waals surface area (Å²) < 4.78 is 1.91. The molecule has 0 saturated heterocycles. The second-order valence-electron chi connectivity index (χ2n) is 4.26. The summed E-state index contributed by atoms with van der Waals surface area (Å²) in [5.74, 6) is 0.538. The molecule has 2 N–H and O–H groups in total. The van der Waals surface area contributed by atoms with Gasteiger partial charge in [-0.3, -0.25) is 0 Å². The van der Waals surface area contributed by atoms with E-state index in [4.69, 9.17) is 11.0 Å². The van der Waals surface area contributed by atoms with Gasteiger partial charge in [-0.1, -0.05) is 0 Å². The second-order valence-corrected chi connectivity index (χ2v) is 5.14. The number of benzene rings is 1. The average molecular weight is 297 g/mol. The van der Waals surface area contributed by atoms with Crippen molar-refractivity contribution in [3.63, 3.8) is 0 Å². The van der Waals surface area contributed by atoms with Crippen molar-refractivity contribution in [2.75, 3.05) is 12.0 Å². The van der Waals surface area contributed by atoms with Crippen molar-refractivity contribution in [3.8, 4) is 6.07 Å². The zero-order valence-electron chi connectivity index (χ0n) is 11.8. The van der Waals surface area contributed by atoms with Crippen LogP contribution in [0, 0.1) is 11.3 Å². The van der Waals surface area contributed by atoms with Gasteiger partial charge in [-0.25, -0.2) is 9.97 Å². The smallest absolute Gasteiger partial charge is 0.145 e.